The van der Waals surface area contributed by atoms with Gasteiger partial charge in [0.2, 0.25) is 0 Å². The van der Waals surface area contributed by atoms with Gasteiger partial charge in [-0.25, -0.2) is 0 Å². The number of nitrogen functional groups attached to an aromatic ring is 1. The van der Waals surface area contributed by atoms with Crippen molar-refractivity contribution >= 4 is 11.6 Å². The van der Waals surface area contributed by atoms with E-state index in [0.29, 0.717) is 18.8 Å². The molecule has 0 unspecified atom stereocenters. The number of carbonyl (C=O) groups is 1. The Morgan fingerprint density at radius 2 is 2.00 bits per heavy atom. The van der Waals surface area contributed by atoms with Crippen LogP contribution >= 0.6 is 0 Å². The summed E-state index contributed by atoms with van der Waals surface area (Å²) in [5.74, 6) is -0.00701. The molecule has 1 amide bonds. The Kier molecular flexibility index (Phi) is 4.08. The van der Waals surface area contributed by atoms with Gasteiger partial charge < -0.3 is 10.6 Å². The van der Waals surface area contributed by atoms with Gasteiger partial charge in [-0.2, -0.15) is 5.10 Å². The summed E-state index contributed by atoms with van der Waals surface area (Å²) in [5, 5.41) is 4.22. The topological polar surface area (TPSA) is 64.2 Å². The zero-order valence-electron chi connectivity index (χ0n) is 12.1. The molecule has 2 aromatic rings. The number of rotatable bonds is 4. The lowest BCUT2D eigenvalue weighted by Gasteiger charge is -2.21. The van der Waals surface area contributed by atoms with Crippen LogP contribution in [0.4, 0.5) is 5.69 Å². The second-order valence-corrected chi connectivity index (χ2v) is 4.86. The first-order valence-electron chi connectivity index (χ1n) is 6.65. The van der Waals surface area contributed by atoms with Crippen LogP contribution in [0.25, 0.3) is 0 Å². The van der Waals surface area contributed by atoms with E-state index in [2.05, 4.69) is 5.10 Å². The Morgan fingerprint density at radius 3 is 2.50 bits per heavy atom. The van der Waals surface area contributed by atoms with Crippen molar-refractivity contribution in [2.45, 2.75) is 20.4 Å². The van der Waals surface area contributed by atoms with Crippen molar-refractivity contribution in [3.63, 3.8) is 0 Å². The SMILES string of the molecule is CCN(Cc1ccc(N)cc1)C(=O)c1cc(C)nn1C. The largest absolute Gasteiger partial charge is 0.399 e. The minimum atomic E-state index is -0.00701. The second-order valence-electron chi connectivity index (χ2n) is 4.86. The van der Waals surface area contributed by atoms with Crippen molar-refractivity contribution < 1.29 is 4.79 Å². The summed E-state index contributed by atoms with van der Waals surface area (Å²) >= 11 is 0. The van der Waals surface area contributed by atoms with Crippen LogP contribution < -0.4 is 5.73 Å². The number of aryl methyl sites for hydroxylation is 2. The Hall–Kier alpha value is -2.30. The van der Waals surface area contributed by atoms with Crippen LogP contribution in [0.2, 0.25) is 0 Å². The fourth-order valence-electron chi connectivity index (χ4n) is 2.14. The average Bonchev–Trinajstić information content (AvgIpc) is 2.76. The molecule has 5 heteroatoms. The quantitative estimate of drug-likeness (QED) is 0.865. The van der Waals surface area contributed by atoms with E-state index in [-0.39, 0.29) is 5.91 Å². The Labute approximate surface area is 119 Å². The highest BCUT2D eigenvalue weighted by molar-refractivity contribution is 5.92. The Morgan fingerprint density at radius 1 is 1.35 bits per heavy atom. The second kappa shape index (κ2) is 5.77. The zero-order valence-corrected chi connectivity index (χ0v) is 12.1. The van der Waals surface area contributed by atoms with Gasteiger partial charge in [0.25, 0.3) is 5.91 Å². The number of nitrogens with zero attached hydrogens (tertiary/aromatic N) is 3. The van der Waals surface area contributed by atoms with Crippen LogP contribution in [0.15, 0.2) is 30.3 Å². The average molecular weight is 272 g/mol. The highest BCUT2D eigenvalue weighted by atomic mass is 16.2. The normalized spacial score (nSPS) is 10.6. The lowest BCUT2D eigenvalue weighted by molar-refractivity contribution is 0.0741. The number of benzene rings is 1. The van der Waals surface area contributed by atoms with Crippen molar-refractivity contribution in [3.05, 3.63) is 47.3 Å². The fraction of sp³-hybridized carbons (Fsp3) is 0.333. The molecule has 0 saturated carbocycles. The highest BCUT2D eigenvalue weighted by Crippen LogP contribution is 2.12. The molecule has 5 nitrogen and oxygen atoms in total. The van der Waals surface area contributed by atoms with Gasteiger partial charge >= 0.3 is 0 Å². The summed E-state index contributed by atoms with van der Waals surface area (Å²) in [6.07, 6.45) is 0. The van der Waals surface area contributed by atoms with E-state index in [9.17, 15) is 4.79 Å². The van der Waals surface area contributed by atoms with Crippen molar-refractivity contribution in [1.82, 2.24) is 14.7 Å². The maximum atomic E-state index is 12.5. The molecule has 0 atom stereocenters. The monoisotopic (exact) mass is 272 g/mol. The first kappa shape index (κ1) is 14.1. The van der Waals surface area contributed by atoms with E-state index in [1.165, 1.54) is 0 Å². The number of anilines is 1. The number of carbonyl (C=O) groups excluding carboxylic acids is 1. The van der Waals surface area contributed by atoms with E-state index in [4.69, 9.17) is 5.73 Å². The standard InChI is InChI=1S/C15H20N4O/c1-4-19(10-12-5-7-13(16)8-6-12)15(20)14-9-11(2)17-18(14)3/h5-9H,4,10,16H2,1-3H3. The maximum absolute atomic E-state index is 12.5. The summed E-state index contributed by atoms with van der Waals surface area (Å²) < 4.78 is 1.63. The van der Waals surface area contributed by atoms with Crippen molar-refractivity contribution in [1.29, 1.82) is 0 Å². The number of aromatic nitrogens is 2. The van der Waals surface area contributed by atoms with Crippen molar-refractivity contribution in [2.75, 3.05) is 12.3 Å². The third kappa shape index (κ3) is 2.99. The van der Waals surface area contributed by atoms with Gasteiger partial charge in [0.05, 0.1) is 5.69 Å². The van der Waals surface area contributed by atoms with E-state index in [1.807, 2.05) is 44.2 Å². The van der Waals surface area contributed by atoms with Gasteiger partial charge in [-0.05, 0) is 37.6 Å². The first-order chi connectivity index (χ1) is 9.51. The van der Waals surface area contributed by atoms with Crippen molar-refractivity contribution in [3.8, 4) is 0 Å². The molecule has 0 fully saturated rings. The molecule has 0 spiro atoms. The van der Waals surface area contributed by atoms with E-state index < -0.39 is 0 Å². The van der Waals surface area contributed by atoms with Crippen molar-refractivity contribution in [2.24, 2.45) is 7.05 Å². The molecule has 2 rings (SSSR count). The number of amides is 1. The molecule has 0 radical (unpaired) electrons. The summed E-state index contributed by atoms with van der Waals surface area (Å²) in [6.45, 7) is 5.07. The Bertz CT molecular complexity index is 601. The predicted molar refractivity (Wildman–Crippen MR) is 79.2 cm³/mol. The molecule has 20 heavy (non-hydrogen) atoms. The summed E-state index contributed by atoms with van der Waals surface area (Å²) in [4.78, 5) is 14.3. The molecule has 1 aromatic carbocycles. The molecule has 1 aromatic heterocycles. The van der Waals surface area contributed by atoms with Gasteiger partial charge in [-0.1, -0.05) is 12.1 Å². The molecule has 106 valence electrons. The van der Waals surface area contributed by atoms with Crippen LogP contribution in [0.5, 0.6) is 0 Å². The van der Waals surface area contributed by atoms with E-state index >= 15 is 0 Å². The van der Waals surface area contributed by atoms with Crippen LogP contribution in [0.3, 0.4) is 0 Å². The summed E-state index contributed by atoms with van der Waals surface area (Å²) in [7, 11) is 1.79. The molecule has 0 aliphatic heterocycles. The third-order valence-corrected chi connectivity index (χ3v) is 3.24. The summed E-state index contributed by atoms with van der Waals surface area (Å²) in [6, 6.07) is 9.40. The highest BCUT2D eigenvalue weighted by Gasteiger charge is 2.18. The molecule has 0 bridgehead atoms. The van der Waals surface area contributed by atoms with Gasteiger partial charge in [0, 0.05) is 25.8 Å². The molecule has 0 aliphatic carbocycles. The molecule has 0 aliphatic rings. The number of nitrogens with two attached hydrogens (primary N) is 1. The minimum Gasteiger partial charge on any atom is -0.399 e. The third-order valence-electron chi connectivity index (χ3n) is 3.24. The first-order valence-corrected chi connectivity index (χ1v) is 6.65. The number of hydrogen-bond donors (Lipinski definition) is 1. The molecule has 0 saturated heterocycles. The van der Waals surface area contributed by atoms with Gasteiger partial charge in [-0.3, -0.25) is 9.48 Å². The van der Waals surface area contributed by atoms with Gasteiger partial charge in [0.15, 0.2) is 0 Å². The fourth-order valence-corrected chi connectivity index (χ4v) is 2.14. The van der Waals surface area contributed by atoms with Crippen LogP contribution in [0, 0.1) is 6.92 Å². The van der Waals surface area contributed by atoms with E-state index in [0.717, 1.165) is 16.9 Å². The van der Waals surface area contributed by atoms with Crippen LogP contribution in [-0.2, 0) is 13.6 Å². The van der Waals surface area contributed by atoms with Crippen LogP contribution in [-0.4, -0.2) is 27.1 Å². The molecular formula is C15H20N4O. The molecular weight excluding hydrogens is 252 g/mol. The summed E-state index contributed by atoms with van der Waals surface area (Å²) in [5.41, 5.74) is 8.92. The minimum absolute atomic E-state index is 0.00701. The molecule has 1 heterocycles. The lowest BCUT2D eigenvalue weighted by atomic mass is 10.2. The smallest absolute Gasteiger partial charge is 0.272 e. The number of hydrogen-bond acceptors (Lipinski definition) is 3. The molecule has 2 N–H and O–H groups in total. The zero-order chi connectivity index (χ0) is 14.7. The lowest BCUT2D eigenvalue weighted by Crippen LogP contribution is -2.31. The maximum Gasteiger partial charge on any atom is 0.272 e. The van der Waals surface area contributed by atoms with Gasteiger partial charge in [-0.15, -0.1) is 0 Å². The van der Waals surface area contributed by atoms with Crippen LogP contribution in [0.1, 0.15) is 28.7 Å². The van der Waals surface area contributed by atoms with E-state index in [1.54, 1.807) is 16.6 Å². The predicted octanol–water partition coefficient (Wildman–Crippen LogP) is 1.97. The van der Waals surface area contributed by atoms with Gasteiger partial charge in [0.1, 0.15) is 5.69 Å². The Balaban J connectivity index is 2.17.